The summed E-state index contributed by atoms with van der Waals surface area (Å²) in [6, 6.07) is 3.11. The zero-order chi connectivity index (χ0) is 17.2. The van der Waals surface area contributed by atoms with E-state index in [1.54, 1.807) is 4.90 Å². The Bertz CT molecular complexity index is 675. The summed E-state index contributed by atoms with van der Waals surface area (Å²) in [5, 5.41) is 10.1. The summed E-state index contributed by atoms with van der Waals surface area (Å²) in [4.78, 5) is 7.39. The van der Waals surface area contributed by atoms with Crippen LogP contribution >= 0.6 is 11.6 Å². The summed E-state index contributed by atoms with van der Waals surface area (Å²) >= 11 is 6.43. The van der Waals surface area contributed by atoms with Crippen LogP contribution in [0.2, 0.25) is 5.15 Å². The van der Waals surface area contributed by atoms with Gasteiger partial charge in [-0.1, -0.05) is 6.42 Å². The second-order valence-electron chi connectivity index (χ2n) is 7.50. The lowest BCUT2D eigenvalue weighted by atomic mass is 9.90. The molecule has 1 atom stereocenters. The number of nitrogens with zero attached hydrogens (tertiary/aromatic N) is 2. The fraction of sp³-hybridized carbons (Fsp3) is 0.684. The molecule has 5 nitrogen and oxygen atoms in total. The van der Waals surface area contributed by atoms with Gasteiger partial charge in [-0.15, -0.1) is 0 Å². The quantitative estimate of drug-likeness (QED) is 0.803. The highest BCUT2D eigenvalue weighted by Crippen LogP contribution is 2.28. The number of H-pyrrole nitrogens is 1. The zero-order valence-electron chi connectivity index (χ0n) is 14.7. The normalized spacial score (nSPS) is 24.6. The van der Waals surface area contributed by atoms with Gasteiger partial charge in [0.05, 0.1) is 25.8 Å². The molecular weight excluding hydrogens is 336 g/mol. The van der Waals surface area contributed by atoms with Crippen molar-refractivity contribution < 1.29 is 14.6 Å². The summed E-state index contributed by atoms with van der Waals surface area (Å²) in [5.41, 5.74) is 3.14. The van der Waals surface area contributed by atoms with Crippen molar-refractivity contribution in [2.24, 2.45) is 0 Å². The molecule has 2 N–H and O–H groups in total. The SMILES string of the molecule is N#Cc1c(Cl)[nH+]c(N2CCOCC2)c2c1CC[NH+](C1CCCCC1)C2. The maximum atomic E-state index is 9.60. The van der Waals surface area contributed by atoms with Crippen molar-refractivity contribution in [1.29, 1.82) is 5.26 Å². The van der Waals surface area contributed by atoms with E-state index in [1.165, 1.54) is 43.2 Å². The third kappa shape index (κ3) is 3.36. The predicted molar refractivity (Wildman–Crippen MR) is 95.9 cm³/mol. The van der Waals surface area contributed by atoms with E-state index in [9.17, 15) is 5.26 Å². The second-order valence-corrected chi connectivity index (χ2v) is 7.88. The first kappa shape index (κ1) is 17.1. The van der Waals surface area contributed by atoms with E-state index < -0.39 is 0 Å². The van der Waals surface area contributed by atoms with Gasteiger partial charge in [-0.3, -0.25) is 4.90 Å². The van der Waals surface area contributed by atoms with E-state index in [2.05, 4.69) is 16.0 Å². The molecule has 3 aliphatic rings. The Balaban J connectivity index is 1.69. The van der Waals surface area contributed by atoms with Crippen molar-refractivity contribution in [2.45, 2.75) is 51.1 Å². The minimum Gasteiger partial charge on any atom is -0.373 e. The molecule has 0 amide bonds. The molecule has 134 valence electrons. The highest BCUT2D eigenvalue weighted by atomic mass is 35.5. The first-order valence-electron chi connectivity index (χ1n) is 9.62. The fourth-order valence-corrected chi connectivity index (χ4v) is 5.01. The number of aromatic amines is 1. The van der Waals surface area contributed by atoms with Gasteiger partial charge in [-0.05, 0) is 42.8 Å². The lowest BCUT2D eigenvalue weighted by molar-refractivity contribution is -0.942. The molecule has 2 aliphatic heterocycles. The number of morpholine rings is 1. The van der Waals surface area contributed by atoms with E-state index >= 15 is 0 Å². The predicted octanol–water partition coefficient (Wildman–Crippen LogP) is 1.14. The molecule has 3 heterocycles. The first-order valence-corrected chi connectivity index (χ1v) is 9.99. The van der Waals surface area contributed by atoms with Gasteiger partial charge in [0.25, 0.3) is 5.82 Å². The Morgan fingerprint density at radius 1 is 1.16 bits per heavy atom. The van der Waals surface area contributed by atoms with Gasteiger partial charge >= 0.3 is 0 Å². The van der Waals surface area contributed by atoms with Gasteiger partial charge in [-0.2, -0.15) is 5.26 Å². The lowest BCUT2D eigenvalue weighted by Gasteiger charge is -2.35. The van der Waals surface area contributed by atoms with Gasteiger partial charge in [-0.25, -0.2) is 4.98 Å². The van der Waals surface area contributed by atoms with Crippen LogP contribution in [0.4, 0.5) is 5.82 Å². The number of halogens is 1. The van der Waals surface area contributed by atoms with Gasteiger partial charge in [0.2, 0.25) is 5.15 Å². The van der Waals surface area contributed by atoms with Crippen LogP contribution in [0.15, 0.2) is 0 Å². The van der Waals surface area contributed by atoms with Crippen LogP contribution in [-0.4, -0.2) is 38.9 Å². The van der Waals surface area contributed by atoms with Gasteiger partial charge in [0, 0.05) is 6.42 Å². The molecule has 0 bridgehead atoms. The van der Waals surface area contributed by atoms with Crippen LogP contribution in [0.5, 0.6) is 0 Å². The highest BCUT2D eigenvalue weighted by Gasteiger charge is 2.36. The summed E-state index contributed by atoms with van der Waals surface area (Å²) in [5.74, 6) is 1.12. The fourth-order valence-electron chi connectivity index (χ4n) is 4.77. The van der Waals surface area contributed by atoms with Crippen LogP contribution in [0.25, 0.3) is 0 Å². The number of ether oxygens (including phenoxy) is 1. The van der Waals surface area contributed by atoms with E-state index in [4.69, 9.17) is 16.3 Å². The van der Waals surface area contributed by atoms with E-state index in [0.29, 0.717) is 10.7 Å². The molecule has 2 fully saturated rings. The van der Waals surface area contributed by atoms with Crippen molar-refractivity contribution >= 4 is 17.4 Å². The number of fused-ring (bicyclic) bond motifs is 1. The molecule has 1 unspecified atom stereocenters. The van der Waals surface area contributed by atoms with Crippen LogP contribution in [-0.2, 0) is 17.7 Å². The third-order valence-corrected chi connectivity index (χ3v) is 6.40. The number of pyridine rings is 1. The maximum absolute atomic E-state index is 9.60. The number of rotatable bonds is 2. The number of hydrogen-bond donors (Lipinski definition) is 1. The van der Waals surface area contributed by atoms with Gasteiger partial charge < -0.3 is 9.64 Å². The zero-order valence-corrected chi connectivity index (χ0v) is 15.5. The summed E-state index contributed by atoms with van der Waals surface area (Å²) < 4.78 is 5.51. The topological polar surface area (TPSA) is 54.8 Å². The highest BCUT2D eigenvalue weighted by molar-refractivity contribution is 6.29. The van der Waals surface area contributed by atoms with Crippen LogP contribution in [0.1, 0.15) is 48.8 Å². The minimum absolute atomic E-state index is 0.490. The number of anilines is 1. The summed E-state index contributed by atoms with van der Waals surface area (Å²) in [6.45, 7) is 5.39. The Kier molecular flexibility index (Phi) is 5.12. The largest absolute Gasteiger partial charge is 0.373 e. The molecule has 1 aliphatic carbocycles. The number of quaternary nitrogens is 1. The van der Waals surface area contributed by atoms with E-state index in [1.807, 2.05) is 0 Å². The van der Waals surface area contributed by atoms with Crippen LogP contribution in [0, 0.1) is 11.3 Å². The van der Waals surface area contributed by atoms with Crippen molar-refractivity contribution in [3.05, 3.63) is 21.8 Å². The molecule has 4 rings (SSSR count). The van der Waals surface area contributed by atoms with Crippen molar-refractivity contribution in [3.8, 4) is 6.07 Å². The number of hydrogen-bond acceptors (Lipinski definition) is 3. The van der Waals surface area contributed by atoms with Crippen LogP contribution in [0.3, 0.4) is 0 Å². The second kappa shape index (κ2) is 7.49. The standard InChI is InChI=1S/C19H25ClN4O/c20-18-16(12-21)15-6-7-24(14-4-2-1-3-5-14)13-17(15)19(22-18)23-8-10-25-11-9-23/h14H,1-11,13H2/p+2. The molecule has 25 heavy (non-hydrogen) atoms. The molecule has 1 saturated carbocycles. The third-order valence-electron chi connectivity index (χ3n) is 6.12. The van der Waals surface area contributed by atoms with Gasteiger partial charge in [0.15, 0.2) is 0 Å². The number of nitrogens with one attached hydrogen (secondary N) is 2. The molecule has 1 aromatic heterocycles. The van der Waals surface area contributed by atoms with E-state index in [0.717, 1.165) is 57.7 Å². The molecular formula is C19H27ClN4O+2. The van der Waals surface area contributed by atoms with Gasteiger partial charge in [0.1, 0.15) is 36.8 Å². The molecule has 0 aromatic carbocycles. The smallest absolute Gasteiger partial charge is 0.285 e. The Labute approximate surface area is 154 Å². The van der Waals surface area contributed by atoms with Crippen molar-refractivity contribution in [1.82, 2.24) is 0 Å². The molecule has 1 aromatic rings. The molecule has 0 radical (unpaired) electrons. The average Bonchev–Trinajstić information content (AvgIpc) is 2.68. The Morgan fingerprint density at radius 2 is 1.92 bits per heavy atom. The summed E-state index contributed by atoms with van der Waals surface area (Å²) in [6.07, 6.45) is 7.78. The number of aromatic nitrogens is 1. The Hall–Kier alpha value is -1.35. The molecule has 6 heteroatoms. The maximum Gasteiger partial charge on any atom is 0.285 e. The average molecular weight is 363 g/mol. The Morgan fingerprint density at radius 3 is 2.64 bits per heavy atom. The summed E-state index contributed by atoms with van der Waals surface area (Å²) in [7, 11) is 0. The lowest BCUT2D eigenvalue weighted by Crippen LogP contribution is -3.15. The van der Waals surface area contributed by atoms with Crippen molar-refractivity contribution in [2.75, 3.05) is 37.7 Å². The monoisotopic (exact) mass is 362 g/mol. The minimum atomic E-state index is 0.490. The molecule has 1 saturated heterocycles. The van der Waals surface area contributed by atoms with Crippen molar-refractivity contribution in [3.63, 3.8) is 0 Å². The molecule has 0 spiro atoms. The van der Waals surface area contributed by atoms with E-state index in [-0.39, 0.29) is 0 Å². The number of nitriles is 1. The van der Waals surface area contributed by atoms with Crippen LogP contribution < -0.4 is 14.8 Å². The first-order chi connectivity index (χ1) is 12.3.